The van der Waals surface area contributed by atoms with Gasteiger partial charge in [-0.15, -0.1) is 5.10 Å². The molecule has 0 aliphatic carbocycles. The van der Waals surface area contributed by atoms with Crippen molar-refractivity contribution in [3.63, 3.8) is 0 Å². The fraction of sp³-hybridized carbons (Fsp3) is 0.462. The van der Waals surface area contributed by atoms with Crippen molar-refractivity contribution in [2.75, 3.05) is 18.9 Å². The molecule has 2 aromatic rings. The van der Waals surface area contributed by atoms with Gasteiger partial charge in [0, 0.05) is 18.2 Å². The number of hydrogen-bond acceptors (Lipinski definition) is 5. The predicted molar refractivity (Wildman–Crippen MR) is 71.3 cm³/mol. The molecule has 1 aliphatic heterocycles. The normalized spacial score (nSPS) is 20.2. The molecule has 0 radical (unpaired) electrons. The Hall–Kier alpha value is -2.02. The number of tetrazole rings is 1. The van der Waals surface area contributed by atoms with Gasteiger partial charge in [-0.1, -0.05) is 0 Å². The van der Waals surface area contributed by atoms with E-state index in [1.807, 2.05) is 6.92 Å². The quantitative estimate of drug-likeness (QED) is 0.863. The van der Waals surface area contributed by atoms with Gasteiger partial charge in [0.2, 0.25) is 0 Å². The van der Waals surface area contributed by atoms with Crippen LogP contribution in [0.25, 0.3) is 11.4 Å². The van der Waals surface area contributed by atoms with Gasteiger partial charge in [0.15, 0.2) is 5.82 Å². The van der Waals surface area contributed by atoms with Gasteiger partial charge in [0.1, 0.15) is 5.82 Å². The Labute approximate surface area is 115 Å². The molecule has 7 heteroatoms. The Morgan fingerprint density at radius 2 is 2.35 bits per heavy atom. The zero-order valence-corrected chi connectivity index (χ0v) is 11.2. The molecule has 1 aliphatic rings. The third-order valence-electron chi connectivity index (χ3n) is 3.76. The van der Waals surface area contributed by atoms with Crippen molar-refractivity contribution in [2.24, 2.45) is 5.92 Å². The lowest BCUT2D eigenvalue weighted by Crippen LogP contribution is -2.19. The Kier molecular flexibility index (Phi) is 3.35. The molecule has 0 spiro atoms. The van der Waals surface area contributed by atoms with Crippen LogP contribution in [-0.4, -0.2) is 33.4 Å². The average molecular weight is 277 g/mol. The molecule has 1 saturated heterocycles. The monoisotopic (exact) mass is 277 g/mol. The molecule has 1 aromatic carbocycles. The summed E-state index contributed by atoms with van der Waals surface area (Å²) in [6.45, 7) is 3.45. The number of halogens is 1. The summed E-state index contributed by atoms with van der Waals surface area (Å²) in [6.07, 6.45) is 0.958. The number of benzene rings is 1. The lowest BCUT2D eigenvalue weighted by atomic mass is 10.0. The molecule has 0 bridgehead atoms. The van der Waals surface area contributed by atoms with E-state index in [0.29, 0.717) is 29.6 Å². The summed E-state index contributed by atoms with van der Waals surface area (Å²) in [7, 11) is 0. The number of aromatic nitrogens is 4. The van der Waals surface area contributed by atoms with Gasteiger partial charge in [0.25, 0.3) is 0 Å². The first-order valence-corrected chi connectivity index (χ1v) is 6.58. The van der Waals surface area contributed by atoms with E-state index in [0.717, 1.165) is 13.0 Å². The summed E-state index contributed by atoms with van der Waals surface area (Å²) in [6, 6.07) is 4.44. The minimum Gasteiger partial charge on any atom is -0.399 e. The van der Waals surface area contributed by atoms with Crippen LogP contribution in [0.4, 0.5) is 10.1 Å². The maximum atomic E-state index is 14.0. The summed E-state index contributed by atoms with van der Waals surface area (Å²) >= 11 is 0. The van der Waals surface area contributed by atoms with Crippen molar-refractivity contribution in [1.29, 1.82) is 0 Å². The average Bonchev–Trinajstić information content (AvgIpc) is 3.11. The molecule has 3 rings (SSSR count). The van der Waals surface area contributed by atoms with E-state index in [-0.39, 0.29) is 11.9 Å². The minimum atomic E-state index is -0.384. The van der Waals surface area contributed by atoms with E-state index in [1.54, 1.807) is 10.7 Å². The van der Waals surface area contributed by atoms with Crippen LogP contribution >= 0.6 is 0 Å². The summed E-state index contributed by atoms with van der Waals surface area (Å²) in [4.78, 5) is 0. The minimum absolute atomic E-state index is 0.0448. The third-order valence-corrected chi connectivity index (χ3v) is 3.76. The van der Waals surface area contributed by atoms with Gasteiger partial charge in [-0.05, 0) is 42.0 Å². The van der Waals surface area contributed by atoms with Gasteiger partial charge in [-0.2, -0.15) is 0 Å². The van der Waals surface area contributed by atoms with Crippen LogP contribution in [0.15, 0.2) is 18.2 Å². The molecule has 2 heterocycles. The Morgan fingerprint density at radius 3 is 3.10 bits per heavy atom. The maximum absolute atomic E-state index is 14.0. The first-order chi connectivity index (χ1) is 9.66. The topological polar surface area (TPSA) is 78.8 Å². The number of nitrogens with zero attached hydrogens (tertiary/aromatic N) is 4. The van der Waals surface area contributed by atoms with Crippen LogP contribution in [0.5, 0.6) is 0 Å². The highest BCUT2D eigenvalue weighted by Crippen LogP contribution is 2.30. The van der Waals surface area contributed by atoms with Crippen LogP contribution in [0.1, 0.15) is 19.4 Å². The highest BCUT2D eigenvalue weighted by atomic mass is 19.1. The zero-order chi connectivity index (χ0) is 14.1. The standard InChI is InChI=1S/C13H16FN5O/c1-8(9-4-5-20-7-9)19-13(16-17-18-19)11-6-10(15)2-3-12(11)14/h2-3,6,8-9H,4-5,7,15H2,1H3. The van der Waals surface area contributed by atoms with Gasteiger partial charge >= 0.3 is 0 Å². The largest absolute Gasteiger partial charge is 0.399 e. The van der Waals surface area contributed by atoms with Crippen LogP contribution < -0.4 is 5.73 Å². The van der Waals surface area contributed by atoms with E-state index >= 15 is 0 Å². The summed E-state index contributed by atoms with van der Waals surface area (Å²) in [5.74, 6) is 0.348. The van der Waals surface area contributed by atoms with Gasteiger partial charge in [-0.3, -0.25) is 0 Å². The lowest BCUT2D eigenvalue weighted by molar-refractivity contribution is 0.173. The number of nitrogen functional groups attached to an aromatic ring is 1. The number of nitrogens with two attached hydrogens (primary N) is 1. The van der Waals surface area contributed by atoms with Crippen LogP contribution in [0, 0.1) is 11.7 Å². The molecule has 1 aromatic heterocycles. The van der Waals surface area contributed by atoms with Crippen LogP contribution in [0.2, 0.25) is 0 Å². The van der Waals surface area contributed by atoms with Crippen molar-refractivity contribution in [1.82, 2.24) is 20.2 Å². The SMILES string of the molecule is CC(C1CCOC1)n1nnnc1-c1cc(N)ccc1F. The second-order valence-electron chi connectivity index (χ2n) is 5.05. The summed E-state index contributed by atoms with van der Waals surface area (Å²) in [5.41, 5.74) is 6.52. The Balaban J connectivity index is 1.99. The van der Waals surface area contributed by atoms with E-state index < -0.39 is 0 Å². The molecule has 106 valence electrons. The number of ether oxygens (including phenoxy) is 1. The van der Waals surface area contributed by atoms with Crippen molar-refractivity contribution >= 4 is 5.69 Å². The third kappa shape index (κ3) is 2.24. The first-order valence-electron chi connectivity index (χ1n) is 6.58. The molecular formula is C13H16FN5O. The van der Waals surface area contributed by atoms with Crippen LogP contribution in [-0.2, 0) is 4.74 Å². The Bertz CT molecular complexity index is 609. The maximum Gasteiger partial charge on any atom is 0.185 e. The highest BCUT2D eigenvalue weighted by molar-refractivity contribution is 5.61. The smallest absolute Gasteiger partial charge is 0.185 e. The second-order valence-corrected chi connectivity index (χ2v) is 5.05. The molecule has 20 heavy (non-hydrogen) atoms. The summed E-state index contributed by atoms with van der Waals surface area (Å²) in [5, 5.41) is 11.6. The van der Waals surface area contributed by atoms with Gasteiger partial charge in [-0.25, -0.2) is 9.07 Å². The zero-order valence-electron chi connectivity index (χ0n) is 11.2. The highest BCUT2D eigenvalue weighted by Gasteiger charge is 2.27. The number of hydrogen-bond donors (Lipinski definition) is 1. The predicted octanol–water partition coefficient (Wildman–Crippen LogP) is 1.66. The van der Waals surface area contributed by atoms with Gasteiger partial charge < -0.3 is 10.5 Å². The molecule has 0 amide bonds. The van der Waals surface area contributed by atoms with Crippen LogP contribution in [0.3, 0.4) is 0 Å². The van der Waals surface area contributed by atoms with Gasteiger partial charge in [0.05, 0.1) is 18.2 Å². The summed E-state index contributed by atoms with van der Waals surface area (Å²) < 4.78 is 21.0. The van der Waals surface area contributed by atoms with E-state index in [1.165, 1.54) is 12.1 Å². The van der Waals surface area contributed by atoms with Crippen molar-refractivity contribution in [3.05, 3.63) is 24.0 Å². The molecule has 1 fully saturated rings. The fourth-order valence-electron chi connectivity index (χ4n) is 2.49. The second kappa shape index (κ2) is 5.16. The molecule has 6 nitrogen and oxygen atoms in total. The lowest BCUT2D eigenvalue weighted by Gasteiger charge is -2.18. The van der Waals surface area contributed by atoms with Crippen molar-refractivity contribution in [2.45, 2.75) is 19.4 Å². The molecule has 2 unspecified atom stereocenters. The van der Waals surface area contributed by atoms with E-state index in [4.69, 9.17) is 10.5 Å². The van der Waals surface area contributed by atoms with Crippen molar-refractivity contribution < 1.29 is 9.13 Å². The molecular weight excluding hydrogens is 261 g/mol. The molecule has 0 saturated carbocycles. The molecule has 2 N–H and O–H groups in total. The first kappa shape index (κ1) is 13.0. The number of rotatable bonds is 3. The fourth-order valence-corrected chi connectivity index (χ4v) is 2.49. The number of anilines is 1. The Morgan fingerprint density at radius 1 is 1.50 bits per heavy atom. The van der Waals surface area contributed by atoms with Crippen molar-refractivity contribution in [3.8, 4) is 11.4 Å². The van der Waals surface area contributed by atoms with E-state index in [9.17, 15) is 4.39 Å². The molecule has 2 atom stereocenters. The van der Waals surface area contributed by atoms with E-state index in [2.05, 4.69) is 15.5 Å².